The summed E-state index contributed by atoms with van der Waals surface area (Å²) in [7, 11) is 2.74. The normalized spacial score (nSPS) is 20.5. The van der Waals surface area contributed by atoms with E-state index in [0.29, 0.717) is 43.1 Å². The maximum absolute atomic E-state index is 14.8. The standard InChI is InChI=1S/C27H33F2N7O5/c1-34-20-13-31-25(33-22(20)36(18-5-3-4-6-18)15-27(28,29)24(34)38)32-19-8-7-17(11-21(19)41-2)23(37)30-12-16-9-10-35(14-16)26(39)40/h7-8,11,13,16,18H,3-6,9-10,12,14-15H2,1-2H3,(H,30,37)(H,39,40)(H,31,32,33). The second-order valence-electron chi connectivity index (χ2n) is 10.7. The highest BCUT2D eigenvalue weighted by Gasteiger charge is 2.48. The fourth-order valence-corrected chi connectivity index (χ4v) is 5.67. The molecule has 1 atom stereocenters. The highest BCUT2D eigenvalue weighted by atomic mass is 19.3. The molecule has 3 aliphatic rings. The summed E-state index contributed by atoms with van der Waals surface area (Å²) in [6, 6.07) is 4.62. The molecule has 3 amide bonds. The van der Waals surface area contributed by atoms with Gasteiger partial charge in [0, 0.05) is 38.3 Å². The van der Waals surface area contributed by atoms with Gasteiger partial charge in [-0.3, -0.25) is 9.59 Å². The number of carbonyl (C=O) groups is 3. The Kier molecular flexibility index (Phi) is 7.82. The van der Waals surface area contributed by atoms with E-state index >= 15 is 0 Å². The number of halogens is 2. The summed E-state index contributed by atoms with van der Waals surface area (Å²) < 4.78 is 35.2. The number of benzene rings is 1. The lowest BCUT2D eigenvalue weighted by Crippen LogP contribution is -2.48. The van der Waals surface area contributed by atoms with Gasteiger partial charge in [-0.15, -0.1) is 0 Å². The largest absolute Gasteiger partial charge is 0.495 e. The molecule has 1 saturated heterocycles. The zero-order chi connectivity index (χ0) is 29.3. The second-order valence-corrected chi connectivity index (χ2v) is 10.7. The molecule has 5 rings (SSSR count). The summed E-state index contributed by atoms with van der Waals surface area (Å²) in [6.45, 7) is 0.415. The lowest BCUT2D eigenvalue weighted by Gasteiger charge is -2.31. The summed E-state index contributed by atoms with van der Waals surface area (Å²) in [5.74, 6) is -4.44. The van der Waals surface area contributed by atoms with Gasteiger partial charge in [-0.05, 0) is 43.4 Å². The molecule has 1 aromatic heterocycles. The Balaban J connectivity index is 1.34. The third-order valence-corrected chi connectivity index (χ3v) is 7.95. The lowest BCUT2D eigenvalue weighted by atomic mass is 10.1. The molecule has 3 N–H and O–H groups in total. The topological polar surface area (TPSA) is 140 Å². The first-order chi connectivity index (χ1) is 19.6. The number of alkyl halides is 2. The maximum Gasteiger partial charge on any atom is 0.407 e. The van der Waals surface area contributed by atoms with Crippen LogP contribution in [0.25, 0.3) is 0 Å². The van der Waals surface area contributed by atoms with Crippen LogP contribution < -0.4 is 25.2 Å². The molecular weight excluding hydrogens is 540 g/mol. The number of hydrogen-bond donors (Lipinski definition) is 3. The van der Waals surface area contributed by atoms with Gasteiger partial charge in [-0.1, -0.05) is 12.8 Å². The number of ether oxygens (including phenoxy) is 1. The quantitative estimate of drug-likeness (QED) is 0.455. The number of carbonyl (C=O) groups excluding carboxylic acids is 2. The molecule has 2 aromatic rings. The van der Waals surface area contributed by atoms with E-state index in [-0.39, 0.29) is 35.3 Å². The van der Waals surface area contributed by atoms with Gasteiger partial charge in [-0.25, -0.2) is 9.78 Å². The Morgan fingerprint density at radius 3 is 2.66 bits per heavy atom. The number of anilines is 4. The van der Waals surface area contributed by atoms with Crippen LogP contribution in [0.1, 0.15) is 42.5 Å². The van der Waals surface area contributed by atoms with Crippen molar-refractivity contribution in [2.75, 3.05) is 55.5 Å². The van der Waals surface area contributed by atoms with Gasteiger partial charge in [0.1, 0.15) is 11.4 Å². The molecule has 14 heteroatoms. The number of rotatable bonds is 7. The monoisotopic (exact) mass is 573 g/mol. The summed E-state index contributed by atoms with van der Waals surface area (Å²) >= 11 is 0. The minimum Gasteiger partial charge on any atom is -0.495 e. The van der Waals surface area contributed by atoms with E-state index in [9.17, 15) is 23.2 Å². The van der Waals surface area contributed by atoms with E-state index < -0.39 is 24.5 Å². The van der Waals surface area contributed by atoms with E-state index in [0.717, 1.165) is 30.6 Å². The average Bonchev–Trinajstić information content (AvgIpc) is 3.66. The third-order valence-electron chi connectivity index (χ3n) is 7.95. The molecule has 1 saturated carbocycles. The van der Waals surface area contributed by atoms with Crippen LogP contribution in [0.2, 0.25) is 0 Å². The molecule has 0 radical (unpaired) electrons. The molecule has 2 aliphatic heterocycles. The van der Waals surface area contributed by atoms with Crippen LogP contribution >= 0.6 is 0 Å². The van der Waals surface area contributed by atoms with Crippen LogP contribution in [0.4, 0.5) is 36.7 Å². The van der Waals surface area contributed by atoms with E-state index in [2.05, 4.69) is 20.6 Å². The number of hydrogen-bond acceptors (Lipinski definition) is 8. The molecule has 12 nitrogen and oxygen atoms in total. The molecule has 1 aromatic carbocycles. The van der Waals surface area contributed by atoms with E-state index in [1.807, 2.05) is 0 Å². The predicted molar refractivity (Wildman–Crippen MR) is 146 cm³/mol. The third kappa shape index (κ3) is 5.81. The van der Waals surface area contributed by atoms with Gasteiger partial charge < -0.3 is 35.2 Å². The molecule has 0 spiro atoms. The van der Waals surface area contributed by atoms with Gasteiger partial charge in [0.25, 0.3) is 11.8 Å². The zero-order valence-corrected chi connectivity index (χ0v) is 22.9. The minimum absolute atomic E-state index is 0.0429. The van der Waals surface area contributed by atoms with Gasteiger partial charge in [0.05, 0.1) is 25.5 Å². The number of amides is 3. The number of nitrogens with zero attached hydrogens (tertiary/aromatic N) is 5. The van der Waals surface area contributed by atoms with Crippen LogP contribution in [-0.4, -0.2) is 90.2 Å². The van der Waals surface area contributed by atoms with Crippen molar-refractivity contribution in [3.63, 3.8) is 0 Å². The Morgan fingerprint density at radius 2 is 1.98 bits per heavy atom. The van der Waals surface area contributed by atoms with Crippen LogP contribution in [0, 0.1) is 5.92 Å². The number of methoxy groups -OCH3 is 1. The predicted octanol–water partition coefficient (Wildman–Crippen LogP) is 3.32. The molecule has 1 aliphatic carbocycles. The summed E-state index contributed by atoms with van der Waals surface area (Å²) in [5, 5.41) is 15.0. The number of aromatic nitrogens is 2. The van der Waals surface area contributed by atoms with Crippen LogP contribution in [-0.2, 0) is 4.79 Å². The SMILES string of the molecule is COc1cc(C(=O)NCC2CCN(C(=O)O)C2)ccc1Nc1ncc2c(n1)N(C1CCCC1)CC(F)(F)C(=O)N2C. The summed E-state index contributed by atoms with van der Waals surface area (Å²) in [6.07, 6.45) is 4.37. The fourth-order valence-electron chi connectivity index (χ4n) is 5.67. The summed E-state index contributed by atoms with van der Waals surface area (Å²) in [5.41, 5.74) is 1.00. The molecule has 3 heterocycles. The van der Waals surface area contributed by atoms with Crippen LogP contribution in [0.3, 0.4) is 0 Å². The van der Waals surface area contributed by atoms with E-state index in [1.165, 1.54) is 30.2 Å². The first kappa shape index (κ1) is 28.3. The number of likely N-dealkylation sites (tertiary alicyclic amines) is 1. The highest BCUT2D eigenvalue weighted by molar-refractivity contribution is 6.02. The van der Waals surface area contributed by atoms with E-state index in [1.54, 1.807) is 18.2 Å². The van der Waals surface area contributed by atoms with Crippen molar-refractivity contribution in [2.45, 2.75) is 44.1 Å². The maximum atomic E-state index is 14.8. The number of fused-ring (bicyclic) bond motifs is 1. The fraction of sp³-hybridized carbons (Fsp3) is 0.519. The van der Waals surface area contributed by atoms with Gasteiger partial charge >= 0.3 is 12.0 Å². The van der Waals surface area contributed by atoms with Crippen LogP contribution in [0.5, 0.6) is 5.75 Å². The Hall–Kier alpha value is -4.23. The van der Waals surface area contributed by atoms with E-state index in [4.69, 9.17) is 9.84 Å². The van der Waals surface area contributed by atoms with Crippen molar-refractivity contribution < 1.29 is 33.0 Å². The van der Waals surface area contributed by atoms with Crippen molar-refractivity contribution in [1.82, 2.24) is 20.2 Å². The highest BCUT2D eigenvalue weighted by Crippen LogP contribution is 2.40. The molecule has 0 bridgehead atoms. The first-order valence-electron chi connectivity index (χ1n) is 13.6. The first-order valence-corrected chi connectivity index (χ1v) is 13.6. The van der Waals surface area contributed by atoms with Crippen molar-refractivity contribution in [1.29, 1.82) is 0 Å². The number of nitrogens with one attached hydrogen (secondary N) is 2. The molecular formula is C27H33F2N7O5. The molecule has 220 valence electrons. The summed E-state index contributed by atoms with van der Waals surface area (Å²) in [4.78, 5) is 49.0. The molecule has 1 unspecified atom stereocenters. The van der Waals surface area contributed by atoms with Crippen molar-refractivity contribution in [3.8, 4) is 5.75 Å². The lowest BCUT2D eigenvalue weighted by molar-refractivity contribution is -0.140. The smallest absolute Gasteiger partial charge is 0.407 e. The van der Waals surface area contributed by atoms with Gasteiger partial charge in [-0.2, -0.15) is 13.8 Å². The Bertz CT molecular complexity index is 1340. The molecule has 2 fully saturated rings. The van der Waals surface area contributed by atoms with Crippen molar-refractivity contribution in [2.24, 2.45) is 5.92 Å². The molecule has 41 heavy (non-hydrogen) atoms. The second kappa shape index (κ2) is 11.3. The van der Waals surface area contributed by atoms with Crippen LogP contribution in [0.15, 0.2) is 24.4 Å². The Labute approximate surface area is 235 Å². The van der Waals surface area contributed by atoms with Gasteiger partial charge in [0.2, 0.25) is 5.95 Å². The average molecular weight is 574 g/mol. The van der Waals surface area contributed by atoms with Crippen molar-refractivity contribution >= 4 is 41.0 Å². The number of carboxylic acid groups (broad SMARTS) is 1. The van der Waals surface area contributed by atoms with Crippen molar-refractivity contribution in [3.05, 3.63) is 30.0 Å². The zero-order valence-electron chi connectivity index (χ0n) is 22.9. The van der Waals surface area contributed by atoms with Gasteiger partial charge in [0.15, 0.2) is 5.82 Å². The minimum atomic E-state index is -3.57. The Morgan fingerprint density at radius 1 is 1.22 bits per heavy atom.